The van der Waals surface area contributed by atoms with Crippen molar-refractivity contribution in [2.75, 3.05) is 11.1 Å². The largest absolute Gasteiger partial charge is 0.394 e. The molecule has 140 valence electrons. The Morgan fingerprint density at radius 3 is 2.35 bits per heavy atom. The van der Waals surface area contributed by atoms with Gasteiger partial charge in [-0.05, 0) is 64.8 Å². The second-order valence-corrected chi connectivity index (χ2v) is 9.64. The summed E-state index contributed by atoms with van der Waals surface area (Å²) in [5.74, 6) is 0.704. The van der Waals surface area contributed by atoms with Crippen LogP contribution in [0, 0.1) is 0 Å². The predicted octanol–water partition coefficient (Wildman–Crippen LogP) is 4.58. The normalized spacial score (nSPS) is 19.3. The van der Waals surface area contributed by atoms with E-state index in [1.165, 1.54) is 11.8 Å². The molecule has 1 aromatic heterocycles. The van der Waals surface area contributed by atoms with Gasteiger partial charge < -0.3 is 16.4 Å². The van der Waals surface area contributed by atoms with Gasteiger partial charge in [0.15, 0.2) is 5.82 Å². The number of aromatic nitrogens is 2. The summed E-state index contributed by atoms with van der Waals surface area (Å²) in [7, 11) is 0. The summed E-state index contributed by atoms with van der Waals surface area (Å²) in [6.07, 6.45) is 3.56. The summed E-state index contributed by atoms with van der Waals surface area (Å²) in [5.41, 5.74) is 7.06. The Kier molecular flexibility index (Phi) is 5.37. The lowest BCUT2D eigenvalue weighted by Gasteiger charge is -2.46. The zero-order chi connectivity index (χ0) is 18.9. The highest BCUT2D eigenvalue weighted by Crippen LogP contribution is 2.35. The van der Waals surface area contributed by atoms with E-state index in [4.69, 9.17) is 17.3 Å². The van der Waals surface area contributed by atoms with Crippen molar-refractivity contribution in [2.45, 2.75) is 67.6 Å². The summed E-state index contributed by atoms with van der Waals surface area (Å²) in [4.78, 5) is 9.77. The second kappa shape index (κ2) is 7.25. The molecule has 0 aliphatic carbocycles. The first-order valence-electron chi connectivity index (χ1n) is 8.73. The molecule has 1 saturated heterocycles. The Morgan fingerprint density at radius 2 is 1.73 bits per heavy atom. The Labute approximate surface area is 164 Å². The summed E-state index contributed by atoms with van der Waals surface area (Å²) < 4.78 is 0. The molecule has 1 aromatic carbocycles. The van der Waals surface area contributed by atoms with Crippen LogP contribution in [0.1, 0.15) is 40.5 Å². The third-order valence-electron chi connectivity index (χ3n) is 4.41. The van der Waals surface area contributed by atoms with Crippen molar-refractivity contribution < 1.29 is 0 Å². The Balaban J connectivity index is 1.77. The van der Waals surface area contributed by atoms with Crippen LogP contribution in [0.5, 0.6) is 0 Å². The number of nitrogens with two attached hydrogens (primary N) is 1. The summed E-state index contributed by atoms with van der Waals surface area (Å²) >= 11 is 7.46. The molecule has 5 nitrogen and oxygen atoms in total. The number of nitrogen functional groups attached to an aromatic ring is 1. The first kappa shape index (κ1) is 19.3. The Hall–Kier alpha value is -1.50. The predicted molar refractivity (Wildman–Crippen MR) is 110 cm³/mol. The van der Waals surface area contributed by atoms with Crippen molar-refractivity contribution in [3.8, 4) is 0 Å². The molecule has 0 unspecified atom stereocenters. The fraction of sp³-hybridized carbons (Fsp3) is 0.474. The SMILES string of the molecule is CC1(C)CC(Nc2ncnc(Sc3ccc(Cl)cc3)c2N)CC(C)(C)N1. The van der Waals surface area contributed by atoms with Crippen molar-refractivity contribution >= 4 is 34.9 Å². The van der Waals surface area contributed by atoms with Crippen LogP contribution in [0.2, 0.25) is 5.02 Å². The van der Waals surface area contributed by atoms with Gasteiger partial charge in [-0.25, -0.2) is 9.97 Å². The lowest BCUT2D eigenvalue weighted by Crippen LogP contribution is -2.60. The molecule has 0 spiro atoms. The van der Waals surface area contributed by atoms with E-state index < -0.39 is 0 Å². The average Bonchev–Trinajstić information content (AvgIpc) is 2.50. The van der Waals surface area contributed by atoms with Crippen LogP contribution in [-0.4, -0.2) is 27.1 Å². The highest BCUT2D eigenvalue weighted by molar-refractivity contribution is 7.99. The number of halogens is 1. The number of benzene rings is 1. The van der Waals surface area contributed by atoms with Crippen molar-refractivity contribution in [1.82, 2.24) is 15.3 Å². The lowest BCUT2D eigenvalue weighted by molar-refractivity contribution is 0.170. The summed E-state index contributed by atoms with van der Waals surface area (Å²) in [6, 6.07) is 7.94. The molecule has 4 N–H and O–H groups in total. The minimum atomic E-state index is 0.0576. The quantitative estimate of drug-likeness (QED) is 0.662. The highest BCUT2D eigenvalue weighted by atomic mass is 35.5. The first-order chi connectivity index (χ1) is 12.1. The van der Waals surface area contributed by atoms with Gasteiger partial charge in [0.1, 0.15) is 17.0 Å². The van der Waals surface area contributed by atoms with E-state index in [0.29, 0.717) is 22.6 Å². The zero-order valence-corrected chi connectivity index (χ0v) is 17.2. The van der Waals surface area contributed by atoms with Gasteiger partial charge in [0.2, 0.25) is 0 Å². The third-order valence-corrected chi connectivity index (χ3v) is 5.69. The van der Waals surface area contributed by atoms with Crippen LogP contribution in [0.15, 0.2) is 40.5 Å². The molecule has 0 atom stereocenters. The monoisotopic (exact) mass is 391 g/mol. The third kappa shape index (κ3) is 4.81. The maximum absolute atomic E-state index is 6.36. The molecule has 0 radical (unpaired) electrons. The minimum Gasteiger partial charge on any atom is -0.394 e. The molecular weight excluding hydrogens is 366 g/mol. The smallest absolute Gasteiger partial charge is 0.154 e. The van der Waals surface area contributed by atoms with Gasteiger partial charge in [0, 0.05) is 27.0 Å². The van der Waals surface area contributed by atoms with E-state index in [1.807, 2.05) is 24.3 Å². The molecule has 2 heterocycles. The maximum Gasteiger partial charge on any atom is 0.154 e. The molecule has 0 amide bonds. The van der Waals surface area contributed by atoms with E-state index in [0.717, 1.165) is 22.8 Å². The van der Waals surface area contributed by atoms with Crippen LogP contribution < -0.4 is 16.4 Å². The minimum absolute atomic E-state index is 0.0576. The molecule has 0 bridgehead atoms. The second-order valence-electron chi connectivity index (χ2n) is 8.14. The van der Waals surface area contributed by atoms with Gasteiger partial charge in [-0.1, -0.05) is 23.4 Å². The van der Waals surface area contributed by atoms with E-state index in [1.54, 1.807) is 6.33 Å². The number of rotatable bonds is 4. The zero-order valence-electron chi connectivity index (χ0n) is 15.6. The molecule has 1 fully saturated rings. The maximum atomic E-state index is 6.36. The van der Waals surface area contributed by atoms with E-state index in [2.05, 4.69) is 48.3 Å². The van der Waals surface area contributed by atoms with Crippen molar-refractivity contribution in [2.24, 2.45) is 0 Å². The molecule has 3 rings (SSSR count). The van der Waals surface area contributed by atoms with E-state index in [9.17, 15) is 0 Å². The molecule has 26 heavy (non-hydrogen) atoms. The average molecular weight is 392 g/mol. The summed E-state index contributed by atoms with van der Waals surface area (Å²) in [5, 5.41) is 8.70. The Bertz CT molecular complexity index is 760. The van der Waals surface area contributed by atoms with Crippen molar-refractivity contribution in [3.05, 3.63) is 35.6 Å². The summed E-state index contributed by atoms with van der Waals surface area (Å²) in [6.45, 7) is 8.92. The van der Waals surface area contributed by atoms with Gasteiger partial charge in [0.05, 0.1) is 0 Å². The standard InChI is InChI=1S/C19H26ClN5S/c1-18(2)9-13(10-19(3,4)25-18)24-16-15(21)17(23-11-22-16)26-14-7-5-12(20)6-8-14/h5-8,11,13,25H,9-10,21H2,1-4H3,(H,22,23,24). The fourth-order valence-corrected chi connectivity index (χ4v) is 4.74. The van der Waals surface area contributed by atoms with Crippen molar-refractivity contribution in [1.29, 1.82) is 0 Å². The number of nitrogens with zero attached hydrogens (tertiary/aromatic N) is 2. The molecule has 1 aliphatic heterocycles. The van der Waals surface area contributed by atoms with Gasteiger partial charge in [0.25, 0.3) is 0 Å². The number of hydrogen-bond donors (Lipinski definition) is 3. The molecule has 7 heteroatoms. The van der Waals surface area contributed by atoms with Gasteiger partial charge in [-0.2, -0.15) is 0 Å². The molecule has 1 aliphatic rings. The first-order valence-corrected chi connectivity index (χ1v) is 9.93. The lowest BCUT2D eigenvalue weighted by atomic mass is 9.79. The van der Waals surface area contributed by atoms with Crippen LogP contribution >= 0.6 is 23.4 Å². The molecule has 0 saturated carbocycles. The van der Waals surface area contributed by atoms with Crippen LogP contribution in [0.3, 0.4) is 0 Å². The molecular formula is C19H26ClN5S. The van der Waals surface area contributed by atoms with Gasteiger partial charge in [-0.15, -0.1) is 0 Å². The highest BCUT2D eigenvalue weighted by Gasteiger charge is 2.37. The topological polar surface area (TPSA) is 75.9 Å². The Morgan fingerprint density at radius 1 is 1.12 bits per heavy atom. The number of hydrogen-bond acceptors (Lipinski definition) is 6. The van der Waals surface area contributed by atoms with Gasteiger partial charge in [-0.3, -0.25) is 0 Å². The van der Waals surface area contributed by atoms with E-state index >= 15 is 0 Å². The number of nitrogens with one attached hydrogen (secondary N) is 2. The van der Waals surface area contributed by atoms with Crippen LogP contribution in [-0.2, 0) is 0 Å². The van der Waals surface area contributed by atoms with Crippen molar-refractivity contribution in [3.63, 3.8) is 0 Å². The van der Waals surface area contributed by atoms with Crippen LogP contribution in [0.4, 0.5) is 11.5 Å². The fourth-order valence-electron chi connectivity index (χ4n) is 3.81. The van der Waals surface area contributed by atoms with Gasteiger partial charge >= 0.3 is 0 Å². The number of piperidine rings is 1. The van der Waals surface area contributed by atoms with E-state index in [-0.39, 0.29) is 11.1 Å². The number of anilines is 2. The molecule has 2 aromatic rings. The van der Waals surface area contributed by atoms with Crippen LogP contribution in [0.25, 0.3) is 0 Å².